The number of carbonyl (C=O) groups is 1. The smallest absolute Gasteiger partial charge is 0.220 e. The van der Waals surface area contributed by atoms with Gasteiger partial charge in [0.25, 0.3) is 0 Å². The summed E-state index contributed by atoms with van der Waals surface area (Å²) >= 11 is 0. The largest absolute Gasteiger partial charge is 0.394 e. The minimum Gasteiger partial charge on any atom is -0.394 e. The number of aliphatic hydroxyl groups excluding tert-OH is 11. The van der Waals surface area contributed by atoms with Gasteiger partial charge in [-0.15, -0.1) is 0 Å². The summed E-state index contributed by atoms with van der Waals surface area (Å²) in [5.41, 5.74) is 0. The van der Waals surface area contributed by atoms with Crippen LogP contribution in [-0.2, 0) is 33.2 Å². The van der Waals surface area contributed by atoms with Gasteiger partial charge in [0.15, 0.2) is 18.9 Å². The molecule has 19 heteroatoms. The van der Waals surface area contributed by atoms with E-state index in [0.717, 1.165) is 57.8 Å². The summed E-state index contributed by atoms with van der Waals surface area (Å²) in [7, 11) is 0. The first-order valence-electron chi connectivity index (χ1n) is 32.2. The van der Waals surface area contributed by atoms with Crippen molar-refractivity contribution in [2.24, 2.45) is 0 Å². The third-order valence-electron chi connectivity index (χ3n) is 16.2. The topological polar surface area (TPSA) is 307 Å². The van der Waals surface area contributed by atoms with Crippen molar-refractivity contribution in [1.82, 2.24) is 5.32 Å². The Morgan fingerprint density at radius 1 is 0.439 bits per heavy atom. The first-order valence-corrected chi connectivity index (χ1v) is 32.2. The van der Waals surface area contributed by atoms with E-state index in [9.17, 15) is 61.0 Å². The molecule has 17 unspecified atom stereocenters. The van der Waals surface area contributed by atoms with Crippen molar-refractivity contribution < 1.29 is 89.4 Å². The Morgan fingerprint density at radius 2 is 0.805 bits per heavy atom. The van der Waals surface area contributed by atoms with Crippen LogP contribution in [0.1, 0.15) is 226 Å². The fourth-order valence-electron chi connectivity index (χ4n) is 10.9. The van der Waals surface area contributed by atoms with E-state index in [1.165, 1.54) is 141 Å². The van der Waals surface area contributed by atoms with Crippen LogP contribution in [0.5, 0.6) is 0 Å². The number of nitrogens with one attached hydrogen (secondary N) is 1. The first kappa shape index (κ1) is 74.3. The van der Waals surface area contributed by atoms with Crippen molar-refractivity contribution in [1.29, 1.82) is 0 Å². The number of amides is 1. The Labute approximate surface area is 491 Å². The molecule has 0 bridgehead atoms. The molecule has 0 saturated carbocycles. The number of hydrogen-bond acceptors (Lipinski definition) is 18. The van der Waals surface area contributed by atoms with Crippen LogP contribution in [0.15, 0.2) is 36.5 Å². The maximum atomic E-state index is 13.3. The van der Waals surface area contributed by atoms with Crippen molar-refractivity contribution in [3.8, 4) is 0 Å². The first-order chi connectivity index (χ1) is 39.8. The maximum absolute atomic E-state index is 13.3. The molecule has 19 nitrogen and oxygen atoms in total. The van der Waals surface area contributed by atoms with Gasteiger partial charge in [-0.1, -0.05) is 204 Å². The zero-order valence-corrected chi connectivity index (χ0v) is 50.2. The van der Waals surface area contributed by atoms with E-state index in [-0.39, 0.29) is 18.9 Å². The summed E-state index contributed by atoms with van der Waals surface area (Å²) in [5.74, 6) is -0.278. The van der Waals surface area contributed by atoms with Gasteiger partial charge in [-0.25, -0.2) is 0 Å². The molecule has 3 aliphatic heterocycles. The van der Waals surface area contributed by atoms with E-state index in [2.05, 4.69) is 43.5 Å². The Hall–Kier alpha value is -1.99. The molecule has 3 saturated heterocycles. The van der Waals surface area contributed by atoms with Crippen LogP contribution in [0.3, 0.4) is 0 Å². The molecule has 3 fully saturated rings. The SMILES string of the molecule is CCCCCCC/C=C\C/C=C\CCCCCCCCCCCCCCCCCCCC(=O)NC(COC1OC(CO)C(OC2OC(CO)C(OC3OC(CO)C(O)C(O)C3O)C(O)C2O)C(O)C1O)C(O)/C=C/CCCCCCCC. The fourth-order valence-corrected chi connectivity index (χ4v) is 10.9. The molecule has 17 atom stereocenters. The molecule has 0 spiro atoms. The lowest BCUT2D eigenvalue weighted by Gasteiger charge is -2.48. The van der Waals surface area contributed by atoms with Crippen molar-refractivity contribution in [3.05, 3.63) is 36.5 Å². The molecule has 82 heavy (non-hydrogen) atoms. The molecule has 1 amide bonds. The molecule has 12 N–H and O–H groups in total. The molecular formula is C63H115NO18. The summed E-state index contributed by atoms with van der Waals surface area (Å²) < 4.78 is 34.2. The van der Waals surface area contributed by atoms with Crippen molar-refractivity contribution >= 4 is 5.91 Å². The van der Waals surface area contributed by atoms with Crippen LogP contribution >= 0.6 is 0 Å². The zero-order chi connectivity index (χ0) is 59.7. The average molecular weight is 1170 g/mol. The number of carbonyl (C=O) groups excluding carboxylic acids is 1. The normalized spacial score (nSPS) is 29.8. The molecule has 480 valence electrons. The molecule has 3 rings (SSSR count). The number of ether oxygens (including phenoxy) is 6. The maximum Gasteiger partial charge on any atom is 0.220 e. The summed E-state index contributed by atoms with van der Waals surface area (Å²) in [5, 5.41) is 120. The minimum atomic E-state index is -1.98. The number of rotatable bonds is 48. The molecule has 0 aromatic heterocycles. The third-order valence-corrected chi connectivity index (χ3v) is 16.2. The van der Waals surface area contributed by atoms with Crippen LogP contribution in [0.2, 0.25) is 0 Å². The molecule has 0 aromatic carbocycles. The number of aliphatic hydroxyl groups is 11. The summed E-state index contributed by atoms with van der Waals surface area (Å²) in [6, 6.07) is -0.969. The summed E-state index contributed by atoms with van der Waals surface area (Å²) in [6.45, 7) is 1.66. The van der Waals surface area contributed by atoms with Gasteiger partial charge in [-0.3, -0.25) is 4.79 Å². The lowest BCUT2D eigenvalue weighted by Crippen LogP contribution is -2.66. The van der Waals surface area contributed by atoms with Gasteiger partial charge in [0.2, 0.25) is 5.91 Å². The lowest BCUT2D eigenvalue weighted by atomic mass is 9.96. The highest BCUT2D eigenvalue weighted by atomic mass is 16.8. The number of unbranched alkanes of at least 4 members (excludes halogenated alkanes) is 28. The zero-order valence-electron chi connectivity index (χ0n) is 50.2. The quantitative estimate of drug-likeness (QED) is 0.0218. The van der Waals surface area contributed by atoms with Crippen molar-refractivity contribution in [2.75, 3.05) is 26.4 Å². The molecule has 0 radical (unpaired) electrons. The predicted molar refractivity (Wildman–Crippen MR) is 314 cm³/mol. The van der Waals surface area contributed by atoms with Crippen molar-refractivity contribution in [3.63, 3.8) is 0 Å². The highest BCUT2D eigenvalue weighted by molar-refractivity contribution is 5.76. The van der Waals surface area contributed by atoms with Gasteiger partial charge in [-0.05, 0) is 51.4 Å². The summed E-state index contributed by atoms with van der Waals surface area (Å²) in [4.78, 5) is 13.3. The van der Waals surface area contributed by atoms with Crippen LogP contribution in [-0.4, -0.2) is 193 Å². The van der Waals surface area contributed by atoms with Gasteiger partial charge < -0.3 is 89.9 Å². The second-order valence-corrected chi connectivity index (χ2v) is 23.2. The van der Waals surface area contributed by atoms with Gasteiger partial charge in [0.1, 0.15) is 73.2 Å². The third kappa shape index (κ3) is 29.1. The van der Waals surface area contributed by atoms with Gasteiger partial charge in [0.05, 0.1) is 38.6 Å². The Balaban J connectivity index is 1.36. The summed E-state index contributed by atoms with van der Waals surface area (Å²) in [6.07, 6.45) is 24.6. The molecule has 3 aliphatic rings. The monoisotopic (exact) mass is 1170 g/mol. The predicted octanol–water partition coefficient (Wildman–Crippen LogP) is 6.88. The van der Waals surface area contributed by atoms with Crippen LogP contribution < -0.4 is 5.32 Å². The van der Waals surface area contributed by atoms with Crippen LogP contribution in [0.4, 0.5) is 0 Å². The standard InChI is InChI=1S/C63H115NO18/c1-3-5-7-9-11-13-14-15-16-17-18-19-20-21-22-23-24-25-26-27-28-29-30-31-32-33-35-37-39-41-51(69)64-46(47(68)40-38-36-34-12-10-8-6-4-2)45-77-61-57(75)54(72)59(49(43-66)79-61)82-63-58(76)55(73)60(50(44-67)80-63)81-62-56(74)53(71)52(70)48(42-65)78-62/h14-15,17-18,38,40,46-50,52-63,65-68,70-76H,3-13,16,19-37,39,41-45H2,1-2H3,(H,64,69)/b15-14-,18-17-,40-38+. The number of allylic oxidation sites excluding steroid dienone is 5. The Kier molecular flexibility index (Phi) is 41.8. The minimum absolute atomic E-state index is 0.244. The molecule has 3 heterocycles. The second-order valence-electron chi connectivity index (χ2n) is 23.2. The van der Waals surface area contributed by atoms with Crippen LogP contribution in [0, 0.1) is 0 Å². The van der Waals surface area contributed by atoms with E-state index in [4.69, 9.17) is 28.4 Å². The van der Waals surface area contributed by atoms with E-state index < -0.39 is 124 Å². The highest BCUT2D eigenvalue weighted by Crippen LogP contribution is 2.33. The molecular weight excluding hydrogens is 1060 g/mol. The lowest BCUT2D eigenvalue weighted by molar-refractivity contribution is -0.379. The second kappa shape index (κ2) is 46.2. The fraction of sp³-hybridized carbons (Fsp3) is 0.889. The van der Waals surface area contributed by atoms with Crippen LogP contribution in [0.25, 0.3) is 0 Å². The molecule has 0 aromatic rings. The average Bonchev–Trinajstić information content (AvgIpc) is 3.60. The van der Waals surface area contributed by atoms with E-state index in [0.29, 0.717) is 6.42 Å². The molecule has 0 aliphatic carbocycles. The van der Waals surface area contributed by atoms with Gasteiger partial charge >= 0.3 is 0 Å². The van der Waals surface area contributed by atoms with Crippen molar-refractivity contribution in [2.45, 2.75) is 330 Å². The Bertz CT molecular complexity index is 1640. The van der Waals surface area contributed by atoms with Gasteiger partial charge in [0, 0.05) is 6.42 Å². The van der Waals surface area contributed by atoms with E-state index >= 15 is 0 Å². The van der Waals surface area contributed by atoms with E-state index in [1.54, 1.807) is 6.08 Å². The Morgan fingerprint density at radius 3 is 1.24 bits per heavy atom. The highest BCUT2D eigenvalue weighted by Gasteiger charge is 2.53. The van der Waals surface area contributed by atoms with Gasteiger partial charge in [-0.2, -0.15) is 0 Å². The van der Waals surface area contributed by atoms with E-state index in [1.807, 2.05) is 6.08 Å². The number of hydrogen-bond donors (Lipinski definition) is 12.